The van der Waals surface area contributed by atoms with Gasteiger partial charge in [0, 0.05) is 12.6 Å². The van der Waals surface area contributed by atoms with Gasteiger partial charge in [-0.3, -0.25) is 4.79 Å². The van der Waals surface area contributed by atoms with Gasteiger partial charge in [-0.25, -0.2) is 0 Å². The van der Waals surface area contributed by atoms with Gasteiger partial charge in [-0.1, -0.05) is 24.3 Å². The predicted molar refractivity (Wildman–Crippen MR) is 76.0 cm³/mol. The van der Waals surface area contributed by atoms with Crippen LogP contribution in [0.3, 0.4) is 0 Å². The number of rotatable bonds is 2. The minimum Gasteiger partial charge on any atom is -0.353 e. The second kappa shape index (κ2) is 4.97. The summed E-state index contributed by atoms with van der Waals surface area (Å²) in [4.78, 5) is 12.4. The number of nitrogens with one attached hydrogen (secondary N) is 2. The van der Waals surface area contributed by atoms with Gasteiger partial charge in [0.15, 0.2) is 0 Å². The first-order chi connectivity index (χ1) is 9.17. The summed E-state index contributed by atoms with van der Waals surface area (Å²) in [5, 5.41) is 6.55. The van der Waals surface area contributed by atoms with Crippen LogP contribution in [0.25, 0.3) is 0 Å². The third kappa shape index (κ3) is 2.52. The molecular weight excluding hydrogens is 236 g/mol. The molecule has 0 bridgehead atoms. The predicted octanol–water partition coefficient (Wildman–Crippen LogP) is 1.66. The molecule has 1 amide bonds. The Hall–Kier alpha value is -1.35. The second-order valence-electron chi connectivity index (χ2n) is 6.17. The van der Waals surface area contributed by atoms with Crippen molar-refractivity contribution in [3.63, 3.8) is 0 Å². The lowest BCUT2D eigenvalue weighted by atomic mass is 9.85. The highest BCUT2D eigenvalue weighted by Crippen LogP contribution is 2.26. The van der Waals surface area contributed by atoms with Crippen molar-refractivity contribution in [2.75, 3.05) is 13.1 Å². The highest BCUT2D eigenvalue weighted by molar-refractivity contribution is 5.83. The van der Waals surface area contributed by atoms with E-state index in [4.69, 9.17) is 0 Å². The second-order valence-corrected chi connectivity index (χ2v) is 6.17. The van der Waals surface area contributed by atoms with E-state index in [2.05, 4.69) is 41.8 Å². The minimum absolute atomic E-state index is 0.211. The fourth-order valence-electron chi connectivity index (χ4n) is 3.19. The van der Waals surface area contributed by atoms with Gasteiger partial charge in [-0.05, 0) is 50.3 Å². The minimum atomic E-state index is -0.211. The molecule has 1 aliphatic carbocycles. The molecule has 3 nitrogen and oxygen atoms in total. The summed E-state index contributed by atoms with van der Waals surface area (Å²) in [6.07, 6.45) is 4.07. The van der Waals surface area contributed by atoms with Crippen LogP contribution in [0.5, 0.6) is 0 Å². The Kier molecular flexibility index (Phi) is 3.31. The van der Waals surface area contributed by atoms with Gasteiger partial charge in [-0.15, -0.1) is 0 Å². The lowest BCUT2D eigenvalue weighted by molar-refractivity contribution is -0.130. The van der Waals surface area contributed by atoms with Crippen molar-refractivity contribution in [2.45, 2.75) is 38.6 Å². The summed E-state index contributed by atoms with van der Waals surface area (Å²) in [7, 11) is 0. The van der Waals surface area contributed by atoms with E-state index < -0.39 is 0 Å². The van der Waals surface area contributed by atoms with Crippen molar-refractivity contribution >= 4 is 5.91 Å². The first-order valence-corrected chi connectivity index (χ1v) is 7.26. The molecular formula is C16H22N2O. The number of carbonyl (C=O) groups is 1. The third-order valence-electron chi connectivity index (χ3n) is 4.60. The number of benzene rings is 1. The van der Waals surface area contributed by atoms with E-state index in [0.29, 0.717) is 6.04 Å². The smallest absolute Gasteiger partial charge is 0.227 e. The Morgan fingerprint density at radius 3 is 2.89 bits per heavy atom. The topological polar surface area (TPSA) is 41.1 Å². The van der Waals surface area contributed by atoms with Crippen molar-refractivity contribution in [3.8, 4) is 0 Å². The van der Waals surface area contributed by atoms with E-state index in [1.165, 1.54) is 11.1 Å². The molecule has 2 aliphatic rings. The molecule has 1 fully saturated rings. The summed E-state index contributed by atoms with van der Waals surface area (Å²) in [6, 6.07) is 8.89. The monoisotopic (exact) mass is 258 g/mol. The summed E-state index contributed by atoms with van der Waals surface area (Å²) < 4.78 is 0. The Morgan fingerprint density at radius 1 is 1.37 bits per heavy atom. The number of hydrogen-bond acceptors (Lipinski definition) is 2. The molecule has 3 heteroatoms. The van der Waals surface area contributed by atoms with Gasteiger partial charge in [-0.2, -0.15) is 0 Å². The largest absolute Gasteiger partial charge is 0.353 e. The van der Waals surface area contributed by atoms with Crippen LogP contribution < -0.4 is 10.6 Å². The van der Waals surface area contributed by atoms with E-state index in [-0.39, 0.29) is 11.3 Å². The van der Waals surface area contributed by atoms with Crippen molar-refractivity contribution < 1.29 is 4.79 Å². The summed E-state index contributed by atoms with van der Waals surface area (Å²) in [6.45, 7) is 3.83. The molecule has 1 aliphatic heterocycles. The Balaban J connectivity index is 1.64. The van der Waals surface area contributed by atoms with Crippen molar-refractivity contribution in [1.29, 1.82) is 0 Å². The maximum absolute atomic E-state index is 12.4. The first kappa shape index (κ1) is 12.7. The van der Waals surface area contributed by atoms with Gasteiger partial charge in [0.05, 0.1) is 5.41 Å². The van der Waals surface area contributed by atoms with Crippen LogP contribution in [-0.2, 0) is 17.6 Å². The van der Waals surface area contributed by atoms with E-state index in [9.17, 15) is 4.79 Å². The molecule has 0 aromatic heterocycles. The van der Waals surface area contributed by atoms with Gasteiger partial charge < -0.3 is 10.6 Å². The fourth-order valence-corrected chi connectivity index (χ4v) is 3.19. The summed E-state index contributed by atoms with van der Waals surface area (Å²) in [5.41, 5.74) is 2.63. The Bertz CT molecular complexity index is 477. The highest BCUT2D eigenvalue weighted by atomic mass is 16.2. The maximum atomic E-state index is 12.4. The van der Waals surface area contributed by atoms with E-state index in [1.807, 2.05) is 0 Å². The molecule has 0 spiro atoms. The molecule has 1 aromatic rings. The summed E-state index contributed by atoms with van der Waals surface area (Å²) >= 11 is 0. The molecule has 1 heterocycles. The molecule has 0 radical (unpaired) electrons. The van der Waals surface area contributed by atoms with Crippen LogP contribution in [0.2, 0.25) is 0 Å². The molecule has 0 saturated carbocycles. The average molecular weight is 258 g/mol. The Morgan fingerprint density at radius 2 is 2.16 bits per heavy atom. The van der Waals surface area contributed by atoms with Crippen molar-refractivity contribution in [1.82, 2.24) is 10.6 Å². The molecule has 102 valence electrons. The van der Waals surface area contributed by atoms with Gasteiger partial charge in [0.1, 0.15) is 0 Å². The first-order valence-electron chi connectivity index (χ1n) is 7.26. The van der Waals surface area contributed by atoms with Crippen molar-refractivity contribution in [3.05, 3.63) is 35.4 Å². The lowest BCUT2D eigenvalue weighted by Gasteiger charge is -2.29. The van der Waals surface area contributed by atoms with Crippen LogP contribution in [0.1, 0.15) is 30.9 Å². The quantitative estimate of drug-likeness (QED) is 0.847. The molecule has 2 atom stereocenters. The van der Waals surface area contributed by atoms with Gasteiger partial charge in [0.2, 0.25) is 5.91 Å². The molecule has 1 aromatic carbocycles. The average Bonchev–Trinajstić information content (AvgIpc) is 2.87. The van der Waals surface area contributed by atoms with Crippen LogP contribution in [0.15, 0.2) is 24.3 Å². The molecule has 2 N–H and O–H groups in total. The molecule has 1 saturated heterocycles. The highest BCUT2D eigenvalue weighted by Gasteiger charge is 2.37. The zero-order valence-electron chi connectivity index (χ0n) is 11.5. The van der Waals surface area contributed by atoms with Crippen LogP contribution in [0, 0.1) is 5.41 Å². The number of fused-ring (bicyclic) bond motifs is 1. The molecule has 3 rings (SSSR count). The lowest BCUT2D eigenvalue weighted by Crippen LogP contribution is -2.47. The van der Waals surface area contributed by atoms with Crippen LogP contribution in [-0.4, -0.2) is 25.0 Å². The number of hydrogen-bond donors (Lipinski definition) is 2. The summed E-state index contributed by atoms with van der Waals surface area (Å²) in [5.74, 6) is 0.224. The number of carbonyl (C=O) groups excluding carboxylic acids is 1. The number of amides is 1. The standard InChI is InChI=1S/C16H22N2O/c1-16(8-9-17-11-16)15(19)18-14-7-6-12-4-2-3-5-13(12)10-14/h2-5,14,17H,6-11H2,1H3,(H,18,19). The SMILES string of the molecule is CC1(C(=O)NC2CCc3ccccc3C2)CCNC1. The molecule has 2 unspecified atom stereocenters. The van der Waals surface area contributed by atoms with Gasteiger partial charge in [0.25, 0.3) is 0 Å². The Labute approximate surface area is 114 Å². The maximum Gasteiger partial charge on any atom is 0.227 e. The van der Waals surface area contributed by atoms with Crippen LogP contribution in [0.4, 0.5) is 0 Å². The van der Waals surface area contributed by atoms with E-state index >= 15 is 0 Å². The third-order valence-corrected chi connectivity index (χ3v) is 4.60. The van der Waals surface area contributed by atoms with Crippen molar-refractivity contribution in [2.24, 2.45) is 5.41 Å². The fraction of sp³-hybridized carbons (Fsp3) is 0.562. The zero-order chi connectivity index (χ0) is 13.3. The molecule has 19 heavy (non-hydrogen) atoms. The normalized spacial score (nSPS) is 29.8. The zero-order valence-corrected chi connectivity index (χ0v) is 11.5. The number of aryl methyl sites for hydroxylation is 1. The van der Waals surface area contributed by atoms with Gasteiger partial charge >= 0.3 is 0 Å². The van der Waals surface area contributed by atoms with E-state index in [1.54, 1.807) is 0 Å². The van der Waals surface area contributed by atoms with Crippen LogP contribution >= 0.6 is 0 Å². The van der Waals surface area contributed by atoms with E-state index in [0.717, 1.165) is 38.8 Å².